The molecule has 0 bridgehead atoms. The minimum Gasteiger partial charge on any atom is -0.207 e. The Labute approximate surface area is 118 Å². The van der Waals surface area contributed by atoms with Crippen molar-refractivity contribution in [2.24, 2.45) is 0 Å². The van der Waals surface area contributed by atoms with Gasteiger partial charge in [0, 0.05) is 0 Å². The molecule has 0 nitrogen and oxygen atoms in total. The predicted octanol–water partition coefficient (Wildman–Crippen LogP) is 6.07. The zero-order valence-corrected chi connectivity index (χ0v) is 12.7. The van der Waals surface area contributed by atoms with Gasteiger partial charge in [0.05, 0.1) is 0 Å². The van der Waals surface area contributed by atoms with Crippen molar-refractivity contribution in [3.8, 4) is 0 Å². The van der Waals surface area contributed by atoms with E-state index < -0.39 is 0 Å². The van der Waals surface area contributed by atoms with Crippen molar-refractivity contribution in [1.29, 1.82) is 0 Å². The lowest BCUT2D eigenvalue weighted by Crippen LogP contribution is -1.94. The van der Waals surface area contributed by atoms with E-state index in [0.717, 1.165) is 30.4 Å². The second kappa shape index (κ2) is 10.00. The molecule has 19 heavy (non-hydrogen) atoms. The molecule has 0 radical (unpaired) electrons. The highest BCUT2D eigenvalue weighted by molar-refractivity contribution is 5.24. The largest absolute Gasteiger partial charge is 0.207 e. The van der Waals surface area contributed by atoms with E-state index in [1.807, 2.05) is 6.07 Å². The SMILES string of the molecule is CCCCCCCc1ccc(CCCCC)cc1F. The third kappa shape index (κ3) is 6.75. The van der Waals surface area contributed by atoms with E-state index >= 15 is 0 Å². The van der Waals surface area contributed by atoms with Crippen LogP contribution in [0, 0.1) is 5.82 Å². The Morgan fingerprint density at radius 1 is 0.789 bits per heavy atom. The molecule has 0 amide bonds. The van der Waals surface area contributed by atoms with Gasteiger partial charge in [0.15, 0.2) is 0 Å². The molecule has 0 atom stereocenters. The maximum atomic E-state index is 13.9. The summed E-state index contributed by atoms with van der Waals surface area (Å²) < 4.78 is 13.9. The lowest BCUT2D eigenvalue weighted by Gasteiger charge is -2.06. The third-order valence-corrected chi connectivity index (χ3v) is 3.74. The Morgan fingerprint density at radius 2 is 1.42 bits per heavy atom. The minimum atomic E-state index is 0.00416. The lowest BCUT2D eigenvalue weighted by molar-refractivity contribution is 0.585. The summed E-state index contributed by atoms with van der Waals surface area (Å²) in [5, 5.41) is 0. The van der Waals surface area contributed by atoms with Gasteiger partial charge in [-0.25, -0.2) is 4.39 Å². The van der Waals surface area contributed by atoms with E-state index in [1.54, 1.807) is 6.07 Å². The van der Waals surface area contributed by atoms with Gasteiger partial charge >= 0.3 is 0 Å². The number of unbranched alkanes of at least 4 members (excludes halogenated alkanes) is 6. The summed E-state index contributed by atoms with van der Waals surface area (Å²) in [7, 11) is 0. The molecule has 0 fully saturated rings. The maximum absolute atomic E-state index is 13.9. The predicted molar refractivity (Wildman–Crippen MR) is 82.1 cm³/mol. The van der Waals surface area contributed by atoms with E-state index in [0.29, 0.717) is 0 Å². The standard InChI is InChI=1S/C18H29F/c1-3-5-7-8-10-12-17-14-13-16(15-18(17)19)11-9-6-4-2/h13-15H,3-12H2,1-2H3. The van der Waals surface area contributed by atoms with Gasteiger partial charge in [0.1, 0.15) is 5.82 Å². The fourth-order valence-electron chi connectivity index (χ4n) is 2.45. The Balaban J connectivity index is 2.34. The smallest absolute Gasteiger partial charge is 0.126 e. The molecule has 0 spiro atoms. The van der Waals surface area contributed by atoms with Crippen LogP contribution >= 0.6 is 0 Å². The average molecular weight is 264 g/mol. The maximum Gasteiger partial charge on any atom is 0.126 e. The first-order valence-electron chi connectivity index (χ1n) is 8.05. The molecule has 0 heterocycles. The Hall–Kier alpha value is -0.850. The van der Waals surface area contributed by atoms with Gasteiger partial charge in [-0.3, -0.25) is 0 Å². The monoisotopic (exact) mass is 264 g/mol. The number of aryl methyl sites for hydroxylation is 2. The molecular formula is C18H29F. The van der Waals surface area contributed by atoms with Crippen LogP contribution in [0.2, 0.25) is 0 Å². The van der Waals surface area contributed by atoms with Crippen LogP contribution in [0.25, 0.3) is 0 Å². The number of benzene rings is 1. The fourth-order valence-corrected chi connectivity index (χ4v) is 2.45. The van der Waals surface area contributed by atoms with Crippen molar-refractivity contribution >= 4 is 0 Å². The highest BCUT2D eigenvalue weighted by atomic mass is 19.1. The van der Waals surface area contributed by atoms with Gasteiger partial charge < -0.3 is 0 Å². The first-order valence-corrected chi connectivity index (χ1v) is 8.05. The molecule has 0 saturated heterocycles. The van der Waals surface area contributed by atoms with Gasteiger partial charge in [-0.2, -0.15) is 0 Å². The fraction of sp³-hybridized carbons (Fsp3) is 0.667. The van der Waals surface area contributed by atoms with Crippen molar-refractivity contribution in [3.05, 3.63) is 35.1 Å². The molecule has 1 aromatic carbocycles. The van der Waals surface area contributed by atoms with Crippen LogP contribution in [-0.2, 0) is 12.8 Å². The van der Waals surface area contributed by atoms with Gasteiger partial charge in [-0.15, -0.1) is 0 Å². The molecule has 0 N–H and O–H groups in total. The van der Waals surface area contributed by atoms with Crippen LogP contribution < -0.4 is 0 Å². The van der Waals surface area contributed by atoms with Crippen LogP contribution in [0.3, 0.4) is 0 Å². The zero-order chi connectivity index (χ0) is 13.9. The molecule has 0 unspecified atom stereocenters. The van der Waals surface area contributed by atoms with Gasteiger partial charge in [0.2, 0.25) is 0 Å². The van der Waals surface area contributed by atoms with E-state index in [4.69, 9.17) is 0 Å². The molecule has 0 aliphatic carbocycles. The number of halogens is 1. The molecular weight excluding hydrogens is 235 g/mol. The Morgan fingerprint density at radius 3 is 2.11 bits per heavy atom. The minimum absolute atomic E-state index is 0.00416. The van der Waals surface area contributed by atoms with Crippen molar-refractivity contribution in [2.45, 2.75) is 78.1 Å². The summed E-state index contributed by atoms with van der Waals surface area (Å²) in [5.74, 6) is 0.00416. The molecule has 0 aromatic heterocycles. The summed E-state index contributed by atoms with van der Waals surface area (Å²) in [6, 6.07) is 5.85. The topological polar surface area (TPSA) is 0 Å². The second-order valence-corrected chi connectivity index (χ2v) is 5.55. The lowest BCUT2D eigenvalue weighted by atomic mass is 10.0. The number of hydrogen-bond acceptors (Lipinski definition) is 0. The summed E-state index contributed by atoms with van der Waals surface area (Å²) in [6.45, 7) is 4.42. The first-order chi connectivity index (χ1) is 9.27. The van der Waals surface area contributed by atoms with Gasteiger partial charge in [-0.1, -0.05) is 64.5 Å². The van der Waals surface area contributed by atoms with E-state index in [9.17, 15) is 4.39 Å². The Kier molecular flexibility index (Phi) is 8.53. The molecule has 0 saturated carbocycles. The molecule has 1 heteroatoms. The highest BCUT2D eigenvalue weighted by Gasteiger charge is 2.03. The van der Waals surface area contributed by atoms with Crippen LogP contribution in [0.15, 0.2) is 18.2 Å². The van der Waals surface area contributed by atoms with Crippen LogP contribution in [0.1, 0.15) is 76.3 Å². The molecule has 1 rings (SSSR count). The zero-order valence-electron chi connectivity index (χ0n) is 12.7. The van der Waals surface area contributed by atoms with Crippen molar-refractivity contribution in [2.75, 3.05) is 0 Å². The molecule has 0 aliphatic heterocycles. The molecule has 1 aromatic rings. The second-order valence-electron chi connectivity index (χ2n) is 5.55. The van der Waals surface area contributed by atoms with Crippen molar-refractivity contribution in [3.63, 3.8) is 0 Å². The van der Waals surface area contributed by atoms with Crippen LogP contribution in [-0.4, -0.2) is 0 Å². The van der Waals surface area contributed by atoms with E-state index in [1.165, 1.54) is 44.9 Å². The van der Waals surface area contributed by atoms with Crippen LogP contribution in [0.4, 0.5) is 4.39 Å². The van der Waals surface area contributed by atoms with Gasteiger partial charge in [0.25, 0.3) is 0 Å². The first kappa shape index (κ1) is 16.2. The molecule has 0 aliphatic rings. The normalized spacial score (nSPS) is 10.9. The summed E-state index contributed by atoms with van der Waals surface area (Å²) >= 11 is 0. The van der Waals surface area contributed by atoms with Crippen molar-refractivity contribution in [1.82, 2.24) is 0 Å². The quantitative estimate of drug-likeness (QED) is 0.450. The molecule has 108 valence electrons. The highest BCUT2D eigenvalue weighted by Crippen LogP contribution is 2.16. The van der Waals surface area contributed by atoms with Crippen molar-refractivity contribution < 1.29 is 4.39 Å². The summed E-state index contributed by atoms with van der Waals surface area (Å²) in [6.07, 6.45) is 11.7. The Bertz CT molecular complexity index is 344. The summed E-state index contributed by atoms with van der Waals surface area (Å²) in [4.78, 5) is 0. The average Bonchev–Trinajstić information content (AvgIpc) is 2.41. The summed E-state index contributed by atoms with van der Waals surface area (Å²) in [5.41, 5.74) is 2.05. The van der Waals surface area contributed by atoms with E-state index in [-0.39, 0.29) is 5.82 Å². The number of rotatable bonds is 10. The van der Waals surface area contributed by atoms with E-state index in [2.05, 4.69) is 19.9 Å². The number of hydrogen-bond donors (Lipinski definition) is 0. The van der Waals surface area contributed by atoms with Gasteiger partial charge in [-0.05, 0) is 42.9 Å². The third-order valence-electron chi connectivity index (χ3n) is 3.74. The van der Waals surface area contributed by atoms with Crippen LogP contribution in [0.5, 0.6) is 0 Å².